The molecule has 0 radical (unpaired) electrons. The lowest BCUT2D eigenvalue weighted by Crippen LogP contribution is -2.35. The zero-order valence-electron chi connectivity index (χ0n) is 10.4. The highest BCUT2D eigenvalue weighted by molar-refractivity contribution is 6.29. The van der Waals surface area contributed by atoms with Crippen molar-refractivity contribution in [3.05, 3.63) is 23.0 Å². The van der Waals surface area contributed by atoms with Crippen LogP contribution in [0.2, 0.25) is 5.15 Å². The maximum Gasteiger partial charge on any atom is 0.272 e. The van der Waals surface area contributed by atoms with Crippen molar-refractivity contribution in [1.29, 1.82) is 0 Å². The Morgan fingerprint density at radius 2 is 1.78 bits per heavy atom. The van der Waals surface area contributed by atoms with Gasteiger partial charge in [0.15, 0.2) is 10.8 Å². The van der Waals surface area contributed by atoms with Crippen LogP contribution in [0.3, 0.4) is 0 Å². The number of hydrogen-bond acceptors (Lipinski definition) is 3. The number of rotatable bonds is 2. The summed E-state index contributed by atoms with van der Waals surface area (Å²) in [5.41, 5.74) is 0.335. The normalized spacial score (nSPS) is 17.8. The maximum atomic E-state index is 12.0. The van der Waals surface area contributed by atoms with E-state index in [1.165, 1.54) is 32.1 Å². The lowest BCUT2D eigenvalue weighted by Gasteiger charge is -2.20. The number of hydrogen-bond donors (Lipinski definition) is 1. The van der Waals surface area contributed by atoms with Gasteiger partial charge in [0.1, 0.15) is 0 Å². The second-order valence-corrected chi connectivity index (χ2v) is 5.14. The van der Waals surface area contributed by atoms with Gasteiger partial charge in [-0.1, -0.05) is 43.7 Å². The maximum absolute atomic E-state index is 12.0. The minimum absolute atomic E-state index is 0.148. The fourth-order valence-electron chi connectivity index (χ4n) is 2.30. The van der Waals surface area contributed by atoms with Gasteiger partial charge in [-0.3, -0.25) is 4.79 Å². The smallest absolute Gasteiger partial charge is 0.272 e. The van der Waals surface area contributed by atoms with Crippen LogP contribution in [-0.2, 0) is 0 Å². The van der Waals surface area contributed by atoms with Crippen molar-refractivity contribution in [2.24, 2.45) is 0 Å². The molecule has 5 heteroatoms. The lowest BCUT2D eigenvalue weighted by molar-refractivity contribution is 0.0924. The van der Waals surface area contributed by atoms with Crippen LogP contribution in [0, 0.1) is 0 Å². The van der Waals surface area contributed by atoms with Crippen LogP contribution in [0.15, 0.2) is 12.1 Å². The number of aromatic nitrogens is 2. The first-order valence-corrected chi connectivity index (χ1v) is 6.93. The van der Waals surface area contributed by atoms with Crippen molar-refractivity contribution in [3.8, 4) is 0 Å². The first-order valence-electron chi connectivity index (χ1n) is 6.56. The van der Waals surface area contributed by atoms with Gasteiger partial charge >= 0.3 is 0 Å². The molecule has 0 unspecified atom stereocenters. The average Bonchev–Trinajstić information content (AvgIpc) is 2.33. The fourth-order valence-corrected chi connectivity index (χ4v) is 2.40. The lowest BCUT2D eigenvalue weighted by atomic mass is 9.96. The molecule has 1 saturated carbocycles. The molecule has 1 N–H and O–H groups in total. The number of carbonyl (C=O) groups is 1. The van der Waals surface area contributed by atoms with E-state index in [2.05, 4.69) is 15.5 Å². The molecule has 0 saturated heterocycles. The van der Waals surface area contributed by atoms with Crippen LogP contribution in [0.25, 0.3) is 0 Å². The van der Waals surface area contributed by atoms with E-state index >= 15 is 0 Å². The molecule has 0 atom stereocenters. The first-order chi connectivity index (χ1) is 8.75. The predicted octanol–water partition coefficient (Wildman–Crippen LogP) is 2.97. The first kappa shape index (κ1) is 13.3. The minimum atomic E-state index is -0.148. The SMILES string of the molecule is O=C(NC1CCCCCCC1)c1ccc(Cl)nn1. The van der Waals surface area contributed by atoms with Gasteiger partial charge in [0.05, 0.1) is 0 Å². The van der Waals surface area contributed by atoms with Crippen molar-refractivity contribution < 1.29 is 4.79 Å². The average molecular weight is 268 g/mol. The van der Waals surface area contributed by atoms with Crippen molar-refractivity contribution in [3.63, 3.8) is 0 Å². The molecule has 18 heavy (non-hydrogen) atoms. The predicted molar refractivity (Wildman–Crippen MR) is 70.6 cm³/mol. The van der Waals surface area contributed by atoms with Gasteiger partial charge in [-0.05, 0) is 25.0 Å². The zero-order chi connectivity index (χ0) is 12.8. The molecule has 1 aromatic heterocycles. The largest absolute Gasteiger partial charge is 0.348 e. The Kier molecular flexibility index (Phi) is 4.93. The van der Waals surface area contributed by atoms with Gasteiger partial charge in [0.2, 0.25) is 0 Å². The minimum Gasteiger partial charge on any atom is -0.348 e. The summed E-state index contributed by atoms with van der Waals surface area (Å²) in [5, 5.41) is 10.8. The summed E-state index contributed by atoms with van der Waals surface area (Å²) in [4.78, 5) is 12.0. The molecular weight excluding hydrogens is 250 g/mol. The summed E-state index contributed by atoms with van der Waals surface area (Å²) in [6.07, 6.45) is 8.37. The van der Waals surface area contributed by atoms with E-state index in [4.69, 9.17) is 11.6 Å². The van der Waals surface area contributed by atoms with Crippen LogP contribution in [0.1, 0.15) is 55.4 Å². The fraction of sp³-hybridized carbons (Fsp3) is 0.615. The van der Waals surface area contributed by atoms with Crippen LogP contribution < -0.4 is 5.32 Å². The van der Waals surface area contributed by atoms with Crippen LogP contribution in [-0.4, -0.2) is 22.1 Å². The van der Waals surface area contributed by atoms with Crippen LogP contribution >= 0.6 is 11.6 Å². The Morgan fingerprint density at radius 1 is 1.11 bits per heavy atom. The molecule has 2 rings (SSSR count). The third-order valence-electron chi connectivity index (χ3n) is 3.31. The van der Waals surface area contributed by atoms with E-state index in [0.29, 0.717) is 10.8 Å². The summed E-state index contributed by atoms with van der Waals surface area (Å²) in [7, 11) is 0. The van der Waals surface area contributed by atoms with E-state index in [1.54, 1.807) is 12.1 Å². The van der Waals surface area contributed by atoms with Crippen molar-refractivity contribution in [2.75, 3.05) is 0 Å². The van der Waals surface area contributed by atoms with Crippen molar-refractivity contribution in [1.82, 2.24) is 15.5 Å². The van der Waals surface area contributed by atoms with Gasteiger partial charge in [-0.15, -0.1) is 10.2 Å². The number of carbonyl (C=O) groups excluding carboxylic acids is 1. The highest BCUT2D eigenvalue weighted by Gasteiger charge is 2.16. The van der Waals surface area contributed by atoms with Gasteiger partial charge < -0.3 is 5.32 Å². The van der Waals surface area contributed by atoms with Crippen molar-refractivity contribution in [2.45, 2.75) is 51.0 Å². The van der Waals surface area contributed by atoms with E-state index in [1.807, 2.05) is 0 Å². The quantitative estimate of drug-likeness (QED) is 0.896. The molecule has 0 aromatic carbocycles. The topological polar surface area (TPSA) is 54.9 Å². The summed E-state index contributed by atoms with van der Waals surface area (Å²) in [5.74, 6) is -0.148. The second-order valence-electron chi connectivity index (χ2n) is 4.76. The Morgan fingerprint density at radius 3 is 2.39 bits per heavy atom. The van der Waals surface area contributed by atoms with E-state index in [9.17, 15) is 4.79 Å². The Bertz CT molecular complexity index is 386. The van der Waals surface area contributed by atoms with Crippen molar-refractivity contribution >= 4 is 17.5 Å². The molecule has 0 aliphatic heterocycles. The van der Waals surface area contributed by atoms with E-state index < -0.39 is 0 Å². The number of halogens is 1. The molecule has 1 heterocycles. The molecule has 1 amide bonds. The zero-order valence-corrected chi connectivity index (χ0v) is 11.1. The summed E-state index contributed by atoms with van der Waals surface area (Å²) >= 11 is 5.64. The van der Waals surface area contributed by atoms with Gasteiger partial charge in [-0.2, -0.15) is 0 Å². The Balaban J connectivity index is 1.91. The van der Waals surface area contributed by atoms with Crippen LogP contribution in [0.4, 0.5) is 0 Å². The Labute approximate surface area is 112 Å². The summed E-state index contributed by atoms with van der Waals surface area (Å²) in [6, 6.07) is 3.46. The molecular formula is C13H18ClN3O. The molecule has 98 valence electrons. The number of nitrogens with one attached hydrogen (secondary N) is 1. The number of nitrogens with zero attached hydrogens (tertiary/aromatic N) is 2. The molecule has 1 fully saturated rings. The second kappa shape index (κ2) is 6.69. The molecule has 0 bridgehead atoms. The third-order valence-corrected chi connectivity index (χ3v) is 3.51. The Hall–Kier alpha value is -1.16. The molecule has 1 aliphatic carbocycles. The number of amides is 1. The highest BCUT2D eigenvalue weighted by atomic mass is 35.5. The van der Waals surface area contributed by atoms with E-state index in [0.717, 1.165) is 12.8 Å². The molecule has 0 spiro atoms. The standard InChI is InChI=1S/C13H18ClN3O/c14-12-9-8-11(16-17-12)13(18)15-10-6-4-2-1-3-5-7-10/h8-10H,1-7H2,(H,15,18). The van der Waals surface area contributed by atoms with Crippen LogP contribution in [0.5, 0.6) is 0 Å². The third kappa shape index (κ3) is 3.95. The molecule has 1 aliphatic rings. The van der Waals surface area contributed by atoms with Gasteiger partial charge in [0, 0.05) is 6.04 Å². The van der Waals surface area contributed by atoms with Gasteiger partial charge in [-0.25, -0.2) is 0 Å². The monoisotopic (exact) mass is 267 g/mol. The highest BCUT2D eigenvalue weighted by Crippen LogP contribution is 2.17. The summed E-state index contributed by atoms with van der Waals surface area (Å²) in [6.45, 7) is 0. The van der Waals surface area contributed by atoms with E-state index in [-0.39, 0.29) is 11.9 Å². The van der Waals surface area contributed by atoms with Gasteiger partial charge in [0.25, 0.3) is 5.91 Å². The molecule has 4 nitrogen and oxygen atoms in total. The molecule has 1 aromatic rings. The summed E-state index contributed by atoms with van der Waals surface area (Å²) < 4.78 is 0.